The smallest absolute Gasteiger partial charge is 0.240 e. The van der Waals surface area contributed by atoms with Crippen LogP contribution in [0.3, 0.4) is 0 Å². The minimum absolute atomic E-state index is 0.284. The monoisotopic (exact) mass is 270 g/mol. The zero-order valence-corrected chi connectivity index (χ0v) is 11.5. The fourth-order valence-corrected chi connectivity index (χ4v) is 2.97. The molecule has 0 radical (unpaired) electrons. The topological polar surface area (TPSA) is 58.6 Å². The Kier molecular flexibility index (Phi) is 3.77. The van der Waals surface area contributed by atoms with Crippen molar-refractivity contribution in [3.63, 3.8) is 0 Å². The molecule has 18 heavy (non-hydrogen) atoms. The highest BCUT2D eigenvalue weighted by Gasteiger charge is 2.20. The maximum atomic E-state index is 12.0. The van der Waals surface area contributed by atoms with Crippen molar-refractivity contribution in [2.45, 2.75) is 18.2 Å². The van der Waals surface area contributed by atoms with E-state index < -0.39 is 10.0 Å². The van der Waals surface area contributed by atoms with Crippen LogP contribution in [0.4, 0.5) is 5.69 Å². The van der Waals surface area contributed by atoms with Gasteiger partial charge >= 0.3 is 0 Å². The fourth-order valence-electron chi connectivity index (χ4n) is 1.82. The molecule has 0 saturated heterocycles. The number of hydrogen-bond donors (Lipinski definition) is 1. The van der Waals surface area contributed by atoms with Crippen LogP contribution in [-0.4, -0.2) is 35.2 Å². The van der Waals surface area contributed by atoms with Gasteiger partial charge in [0.25, 0.3) is 0 Å². The molecular formula is C12H18N2O3S. The third-order valence-corrected chi connectivity index (χ3v) is 4.34. The van der Waals surface area contributed by atoms with Crippen molar-refractivity contribution in [2.24, 2.45) is 0 Å². The number of nitrogens with one attached hydrogen (secondary N) is 1. The molecule has 2 rings (SSSR count). The van der Waals surface area contributed by atoms with Gasteiger partial charge in [0.1, 0.15) is 12.4 Å². The van der Waals surface area contributed by atoms with Gasteiger partial charge in [0.15, 0.2) is 0 Å². The molecule has 1 aromatic carbocycles. The number of rotatable bonds is 4. The van der Waals surface area contributed by atoms with Crippen molar-refractivity contribution in [3.8, 4) is 5.75 Å². The van der Waals surface area contributed by atoms with Crippen molar-refractivity contribution < 1.29 is 13.2 Å². The lowest BCUT2D eigenvalue weighted by atomic mass is 10.2. The normalized spacial score (nSPS) is 15.1. The van der Waals surface area contributed by atoms with Crippen LogP contribution in [0.25, 0.3) is 0 Å². The van der Waals surface area contributed by atoms with E-state index in [9.17, 15) is 8.42 Å². The Hall–Kier alpha value is -1.27. The number of anilines is 1. The number of hydrogen-bond acceptors (Lipinski definition) is 4. The summed E-state index contributed by atoms with van der Waals surface area (Å²) in [6.45, 7) is 3.77. The highest BCUT2D eigenvalue weighted by Crippen LogP contribution is 2.32. The Bertz CT molecular complexity index is 528. The number of benzene rings is 1. The van der Waals surface area contributed by atoms with Gasteiger partial charge < -0.3 is 9.64 Å². The first-order chi connectivity index (χ1) is 8.54. The van der Waals surface area contributed by atoms with E-state index in [1.165, 1.54) is 0 Å². The minimum atomic E-state index is -3.41. The van der Waals surface area contributed by atoms with Crippen molar-refractivity contribution >= 4 is 15.7 Å². The summed E-state index contributed by atoms with van der Waals surface area (Å²) >= 11 is 0. The molecule has 1 aromatic rings. The average molecular weight is 270 g/mol. The van der Waals surface area contributed by atoms with Crippen LogP contribution < -0.4 is 14.4 Å². The fraction of sp³-hybridized carbons (Fsp3) is 0.500. The van der Waals surface area contributed by atoms with Crippen LogP contribution in [0.15, 0.2) is 23.1 Å². The molecule has 5 nitrogen and oxygen atoms in total. The van der Waals surface area contributed by atoms with Gasteiger partial charge in [-0.05, 0) is 24.6 Å². The summed E-state index contributed by atoms with van der Waals surface area (Å²) in [5, 5.41) is 0. The number of fused-ring (bicyclic) bond motifs is 1. The maximum Gasteiger partial charge on any atom is 0.240 e. The van der Waals surface area contributed by atoms with Crippen molar-refractivity contribution in [3.05, 3.63) is 18.2 Å². The number of nitrogens with zero attached hydrogens (tertiary/aromatic N) is 1. The Balaban J connectivity index is 2.33. The average Bonchev–Trinajstić information content (AvgIpc) is 2.36. The van der Waals surface area contributed by atoms with E-state index in [0.29, 0.717) is 13.2 Å². The second-order valence-electron chi connectivity index (χ2n) is 4.30. The quantitative estimate of drug-likeness (QED) is 0.893. The summed E-state index contributed by atoms with van der Waals surface area (Å²) in [4.78, 5) is 2.28. The minimum Gasteiger partial charge on any atom is -0.490 e. The molecule has 0 bridgehead atoms. The Labute approximate surface area is 108 Å². The van der Waals surface area contributed by atoms with E-state index in [1.807, 2.05) is 18.9 Å². The predicted octanol–water partition coefficient (Wildman–Crippen LogP) is 1.20. The summed E-state index contributed by atoms with van der Waals surface area (Å²) in [5.74, 6) is 0.734. The molecule has 0 aliphatic carbocycles. The third-order valence-electron chi connectivity index (χ3n) is 2.88. The van der Waals surface area contributed by atoms with Crippen LogP contribution >= 0.6 is 0 Å². The summed E-state index contributed by atoms with van der Waals surface area (Å²) in [6, 6.07) is 4.95. The molecule has 0 unspecified atom stereocenters. The van der Waals surface area contributed by atoms with Crippen LogP contribution in [-0.2, 0) is 10.0 Å². The second-order valence-corrected chi connectivity index (χ2v) is 6.06. The molecule has 6 heteroatoms. The number of likely N-dealkylation sites (N-methyl/N-ethyl adjacent to an activating group) is 1. The van der Waals surface area contributed by atoms with Crippen molar-refractivity contribution in [2.75, 3.05) is 31.6 Å². The Morgan fingerprint density at radius 1 is 1.44 bits per heavy atom. The molecule has 0 aromatic heterocycles. The highest BCUT2D eigenvalue weighted by molar-refractivity contribution is 7.89. The molecule has 1 heterocycles. The first-order valence-electron chi connectivity index (χ1n) is 6.02. The Morgan fingerprint density at radius 3 is 2.94 bits per heavy atom. The largest absolute Gasteiger partial charge is 0.490 e. The number of sulfonamides is 1. The SMILES string of the molecule is CCCNS(=O)(=O)c1ccc2c(c1)N(C)CCO2. The molecule has 0 spiro atoms. The highest BCUT2D eigenvalue weighted by atomic mass is 32.2. The zero-order valence-electron chi connectivity index (χ0n) is 10.6. The van der Waals surface area contributed by atoms with Crippen molar-refractivity contribution in [1.29, 1.82) is 0 Å². The standard InChI is InChI=1S/C12H18N2O3S/c1-3-6-13-18(15,16)10-4-5-12-11(9-10)14(2)7-8-17-12/h4-5,9,13H,3,6-8H2,1-2H3. The molecule has 0 fully saturated rings. The van der Waals surface area contributed by atoms with Gasteiger partial charge in [-0.2, -0.15) is 0 Å². The van der Waals surface area contributed by atoms with Gasteiger partial charge in [-0.1, -0.05) is 6.92 Å². The summed E-state index contributed by atoms with van der Waals surface area (Å²) < 4.78 is 32.1. The molecule has 0 amide bonds. The van der Waals surface area contributed by atoms with E-state index in [2.05, 4.69) is 4.72 Å². The lowest BCUT2D eigenvalue weighted by Gasteiger charge is -2.28. The molecule has 1 N–H and O–H groups in total. The van der Waals surface area contributed by atoms with Gasteiger partial charge in [0, 0.05) is 13.6 Å². The summed E-state index contributed by atoms with van der Waals surface area (Å²) in [7, 11) is -1.48. The van der Waals surface area contributed by atoms with E-state index in [0.717, 1.165) is 24.4 Å². The zero-order chi connectivity index (χ0) is 13.2. The van der Waals surface area contributed by atoms with Crippen LogP contribution in [0.5, 0.6) is 5.75 Å². The summed E-state index contributed by atoms with van der Waals surface area (Å²) in [6.07, 6.45) is 0.771. The molecule has 0 saturated carbocycles. The molecular weight excluding hydrogens is 252 g/mol. The van der Waals surface area contributed by atoms with E-state index in [1.54, 1.807) is 18.2 Å². The molecule has 1 aliphatic rings. The van der Waals surface area contributed by atoms with Gasteiger partial charge in [-0.3, -0.25) is 0 Å². The third kappa shape index (κ3) is 2.59. The Morgan fingerprint density at radius 2 is 2.22 bits per heavy atom. The van der Waals surface area contributed by atoms with Gasteiger partial charge in [-0.25, -0.2) is 13.1 Å². The van der Waals surface area contributed by atoms with Gasteiger partial charge in [0.05, 0.1) is 17.1 Å². The molecule has 100 valence electrons. The maximum absolute atomic E-state index is 12.0. The van der Waals surface area contributed by atoms with Gasteiger partial charge in [0.2, 0.25) is 10.0 Å². The van der Waals surface area contributed by atoms with Crippen LogP contribution in [0.2, 0.25) is 0 Å². The first-order valence-corrected chi connectivity index (χ1v) is 7.50. The van der Waals surface area contributed by atoms with E-state index in [-0.39, 0.29) is 4.90 Å². The molecule has 1 aliphatic heterocycles. The van der Waals surface area contributed by atoms with E-state index in [4.69, 9.17) is 4.74 Å². The van der Waals surface area contributed by atoms with Crippen LogP contribution in [0.1, 0.15) is 13.3 Å². The van der Waals surface area contributed by atoms with Crippen LogP contribution in [0, 0.1) is 0 Å². The lowest BCUT2D eigenvalue weighted by molar-refractivity contribution is 0.311. The van der Waals surface area contributed by atoms with Gasteiger partial charge in [-0.15, -0.1) is 0 Å². The lowest BCUT2D eigenvalue weighted by Crippen LogP contribution is -2.29. The first kappa shape index (κ1) is 13.2. The van der Waals surface area contributed by atoms with E-state index >= 15 is 0 Å². The van der Waals surface area contributed by atoms with Crippen molar-refractivity contribution in [1.82, 2.24) is 4.72 Å². The second kappa shape index (κ2) is 5.16. The number of ether oxygens (including phenoxy) is 1. The molecule has 0 atom stereocenters. The summed E-state index contributed by atoms with van der Waals surface area (Å²) in [5.41, 5.74) is 0.820. The predicted molar refractivity (Wildman–Crippen MR) is 70.7 cm³/mol.